The Morgan fingerprint density at radius 3 is 0.833 bits per heavy atom. The van der Waals surface area contributed by atoms with Crippen LogP contribution in [0.5, 0.6) is 0 Å². The molecule has 0 atom stereocenters. The summed E-state index contributed by atoms with van der Waals surface area (Å²) in [6.07, 6.45) is 0. The molecule has 0 heterocycles. The summed E-state index contributed by atoms with van der Waals surface area (Å²) in [7, 11) is -7.27. The molecule has 0 saturated heterocycles. The van der Waals surface area contributed by atoms with E-state index in [-0.39, 0.29) is 0 Å². The van der Waals surface area contributed by atoms with Crippen LogP contribution in [-0.2, 0) is 20.4 Å². The lowest BCUT2D eigenvalue weighted by Crippen LogP contribution is -2.36. The molecule has 0 aromatic rings. The largest absolute Gasteiger partial charge is 0.287 e. The topological polar surface area (TPSA) is 196 Å². The molecule has 0 bridgehead atoms. The number of nitrogens with one attached hydrogen (secondary N) is 2. The van der Waals surface area contributed by atoms with E-state index in [4.69, 9.17) is 0 Å². The Balaban J connectivity index is 0. The van der Waals surface area contributed by atoms with Gasteiger partial charge in [0.15, 0.2) is 0 Å². The number of hydrogen-bond donors (Lipinski definition) is 6. The molecule has 10 nitrogen and oxygen atoms in total. The Morgan fingerprint density at radius 1 is 0.750 bits per heavy atom. The van der Waals surface area contributed by atoms with Crippen LogP contribution >= 0.6 is 0 Å². The van der Waals surface area contributed by atoms with Gasteiger partial charge in [-0.2, -0.15) is 16.8 Å². The highest BCUT2D eigenvalue weighted by Gasteiger charge is 1.89. The Kier molecular flexibility index (Phi) is 6.31. The highest BCUT2D eigenvalue weighted by atomic mass is 32.2. The quantitative estimate of drug-likeness (QED) is 0.200. The molecule has 0 rings (SSSR count). The highest BCUT2D eigenvalue weighted by molar-refractivity contribution is 7.87. The van der Waals surface area contributed by atoms with Crippen LogP contribution < -0.4 is 31.6 Å². The Labute approximate surface area is 69.6 Å². The zero-order chi connectivity index (χ0) is 10.4. The van der Waals surface area contributed by atoms with Crippen molar-refractivity contribution >= 4 is 20.4 Å². The minimum absolute atomic E-state index is 1.35. The first kappa shape index (κ1) is 14.2. The van der Waals surface area contributed by atoms with E-state index in [9.17, 15) is 16.8 Å². The van der Waals surface area contributed by atoms with Gasteiger partial charge in [-0.05, 0) is 0 Å². The molecule has 12 heteroatoms. The average Bonchev–Trinajstić information content (AvgIpc) is 1.86. The highest BCUT2D eigenvalue weighted by Crippen LogP contribution is 1.50. The van der Waals surface area contributed by atoms with Crippen molar-refractivity contribution < 1.29 is 16.8 Å². The first-order valence-electron chi connectivity index (χ1n) is 2.12. The number of nitrogens with two attached hydrogens (primary N) is 4. The molecular formula is H10N6O4S2. The van der Waals surface area contributed by atoms with Gasteiger partial charge in [0, 0.05) is 0 Å². The van der Waals surface area contributed by atoms with Crippen LogP contribution in [0.2, 0.25) is 0 Å². The van der Waals surface area contributed by atoms with Gasteiger partial charge in [-0.25, -0.2) is 10.3 Å². The Hall–Kier alpha value is -0.340. The molecule has 0 unspecified atom stereocenters. The summed E-state index contributed by atoms with van der Waals surface area (Å²) in [6, 6.07) is 0. The van der Waals surface area contributed by atoms with Gasteiger partial charge >= 0.3 is 0 Å². The SMILES string of the molecule is NNS(N)(=O)=O.NNS(N)(=O)=O. The zero-order valence-corrected chi connectivity index (χ0v) is 7.39. The maximum Gasteiger partial charge on any atom is 0.287 e. The third kappa shape index (κ3) is 22.6. The molecule has 0 radical (unpaired) electrons. The fraction of sp³-hybridized carbons (Fsp3) is 0. The fourth-order valence-electron chi connectivity index (χ4n) is 0. The van der Waals surface area contributed by atoms with Crippen molar-refractivity contribution in [3.63, 3.8) is 0 Å². The summed E-state index contributed by atoms with van der Waals surface area (Å²) in [6.45, 7) is 0. The van der Waals surface area contributed by atoms with Crippen LogP contribution in [0.15, 0.2) is 0 Å². The minimum Gasteiger partial charge on any atom is -0.257 e. The van der Waals surface area contributed by atoms with E-state index in [0.29, 0.717) is 0 Å². The number of hydrogen-bond acceptors (Lipinski definition) is 6. The fourth-order valence-corrected chi connectivity index (χ4v) is 0. The van der Waals surface area contributed by atoms with E-state index in [1.807, 2.05) is 0 Å². The van der Waals surface area contributed by atoms with E-state index >= 15 is 0 Å². The normalized spacial score (nSPS) is 11.7. The van der Waals surface area contributed by atoms with Crippen molar-refractivity contribution in [3.8, 4) is 0 Å². The van der Waals surface area contributed by atoms with Crippen LogP contribution in [0.3, 0.4) is 0 Å². The average molecular weight is 222 g/mol. The third-order valence-corrected chi connectivity index (χ3v) is 0.986. The van der Waals surface area contributed by atoms with Crippen molar-refractivity contribution in [2.24, 2.45) is 22.0 Å². The van der Waals surface area contributed by atoms with Gasteiger partial charge in [-0.1, -0.05) is 0 Å². The van der Waals surface area contributed by atoms with Gasteiger partial charge in [0.1, 0.15) is 0 Å². The third-order valence-electron chi connectivity index (χ3n) is 0.329. The standard InChI is InChI=1S/2H5N3O2S/c2*1-3-6(2,4)5/h2*3H,1H2,(H2,2,4,5). The molecule has 10 N–H and O–H groups in total. The van der Waals surface area contributed by atoms with E-state index in [1.165, 1.54) is 9.66 Å². The summed E-state index contributed by atoms with van der Waals surface area (Å²) < 4.78 is 38.2. The van der Waals surface area contributed by atoms with Gasteiger partial charge in [0.25, 0.3) is 20.4 Å². The van der Waals surface area contributed by atoms with Crippen molar-refractivity contribution in [1.29, 1.82) is 0 Å². The van der Waals surface area contributed by atoms with Crippen molar-refractivity contribution in [2.45, 2.75) is 0 Å². The summed E-state index contributed by atoms with van der Waals surface area (Å²) in [4.78, 5) is 2.71. The molecular weight excluding hydrogens is 212 g/mol. The monoisotopic (exact) mass is 222 g/mol. The van der Waals surface area contributed by atoms with Crippen molar-refractivity contribution in [2.75, 3.05) is 0 Å². The molecule has 0 aromatic carbocycles. The second-order valence-corrected chi connectivity index (χ2v) is 3.98. The Bertz CT molecular complexity index is 254. The molecule has 0 spiro atoms. The lowest BCUT2D eigenvalue weighted by molar-refractivity contribution is 0.584. The van der Waals surface area contributed by atoms with Gasteiger partial charge in [-0.15, -0.1) is 9.66 Å². The first-order valence-corrected chi connectivity index (χ1v) is 5.22. The first-order chi connectivity index (χ1) is 5.12. The van der Waals surface area contributed by atoms with Crippen molar-refractivity contribution in [1.82, 2.24) is 9.66 Å². The maximum atomic E-state index is 9.54. The van der Waals surface area contributed by atoms with Crippen LogP contribution in [0, 0.1) is 0 Å². The van der Waals surface area contributed by atoms with Gasteiger partial charge in [0.2, 0.25) is 0 Å². The van der Waals surface area contributed by atoms with E-state index < -0.39 is 20.4 Å². The lowest BCUT2D eigenvalue weighted by atomic mass is 13.0. The summed E-state index contributed by atoms with van der Waals surface area (Å²) in [5, 5.41) is 8.54. The second-order valence-electron chi connectivity index (χ2n) is 1.33. The molecule has 0 fully saturated rings. The lowest BCUT2D eigenvalue weighted by Gasteiger charge is -1.85. The van der Waals surface area contributed by atoms with Crippen LogP contribution in [0.4, 0.5) is 0 Å². The smallest absolute Gasteiger partial charge is 0.257 e. The minimum atomic E-state index is -3.63. The van der Waals surface area contributed by atoms with E-state index in [0.717, 1.165) is 0 Å². The Morgan fingerprint density at radius 2 is 0.833 bits per heavy atom. The molecule has 0 saturated carbocycles. The molecule has 12 heavy (non-hydrogen) atoms. The van der Waals surface area contributed by atoms with Gasteiger partial charge < -0.3 is 0 Å². The molecule has 0 aliphatic heterocycles. The number of rotatable bonds is 2. The molecule has 0 aliphatic carbocycles. The van der Waals surface area contributed by atoms with Crippen LogP contribution in [0.25, 0.3) is 0 Å². The molecule has 0 amide bonds. The zero-order valence-electron chi connectivity index (χ0n) is 5.76. The number of hydrazine groups is 2. The van der Waals surface area contributed by atoms with E-state index in [2.05, 4.69) is 22.0 Å². The predicted octanol–water partition coefficient (Wildman–Crippen LogP) is -4.69. The second kappa shape index (κ2) is 5.33. The predicted molar refractivity (Wildman–Crippen MR) is 40.9 cm³/mol. The molecule has 0 aliphatic rings. The van der Waals surface area contributed by atoms with Crippen LogP contribution in [-0.4, -0.2) is 16.8 Å². The van der Waals surface area contributed by atoms with Crippen LogP contribution in [0.1, 0.15) is 0 Å². The summed E-state index contributed by atoms with van der Waals surface area (Å²) in [5.41, 5.74) is 0. The molecule has 0 aromatic heterocycles. The summed E-state index contributed by atoms with van der Waals surface area (Å²) >= 11 is 0. The summed E-state index contributed by atoms with van der Waals surface area (Å²) in [5.74, 6) is 8.69. The molecule has 76 valence electrons. The maximum absolute atomic E-state index is 9.54. The van der Waals surface area contributed by atoms with Gasteiger partial charge in [-0.3, -0.25) is 11.7 Å². The van der Waals surface area contributed by atoms with Gasteiger partial charge in [0.05, 0.1) is 0 Å². The van der Waals surface area contributed by atoms with E-state index in [1.54, 1.807) is 0 Å². The van der Waals surface area contributed by atoms with Crippen molar-refractivity contribution in [3.05, 3.63) is 0 Å².